The molecule has 0 aromatic rings. The van der Waals surface area contributed by atoms with Crippen molar-refractivity contribution >= 4 is 5.97 Å². The Labute approximate surface area is 72.0 Å². The van der Waals surface area contributed by atoms with Gasteiger partial charge in [0.2, 0.25) is 0 Å². The summed E-state index contributed by atoms with van der Waals surface area (Å²) < 4.78 is 5.11. The third-order valence-electron chi connectivity index (χ3n) is 2.16. The molecule has 0 heterocycles. The molecular formula is C9H14O3. The SMILES string of the molecule is COC1C=C[C@@H](CC(=O)O)CC1. The number of carbonyl (C=O) groups is 1. The van der Waals surface area contributed by atoms with E-state index >= 15 is 0 Å². The number of hydrogen-bond donors (Lipinski definition) is 1. The Hall–Kier alpha value is -0.830. The molecule has 0 spiro atoms. The maximum absolute atomic E-state index is 10.4. The fourth-order valence-electron chi connectivity index (χ4n) is 1.44. The third kappa shape index (κ3) is 2.66. The van der Waals surface area contributed by atoms with E-state index in [1.807, 2.05) is 12.2 Å². The molecule has 68 valence electrons. The summed E-state index contributed by atoms with van der Waals surface area (Å²) in [4.78, 5) is 10.4. The summed E-state index contributed by atoms with van der Waals surface area (Å²) in [5, 5.41) is 8.52. The van der Waals surface area contributed by atoms with Crippen molar-refractivity contribution in [3.8, 4) is 0 Å². The van der Waals surface area contributed by atoms with E-state index < -0.39 is 5.97 Å². The quantitative estimate of drug-likeness (QED) is 0.652. The number of carboxylic acid groups (broad SMARTS) is 1. The second-order valence-electron chi connectivity index (χ2n) is 3.09. The first-order valence-corrected chi connectivity index (χ1v) is 4.15. The zero-order valence-corrected chi connectivity index (χ0v) is 7.19. The third-order valence-corrected chi connectivity index (χ3v) is 2.16. The number of rotatable bonds is 3. The van der Waals surface area contributed by atoms with E-state index in [4.69, 9.17) is 9.84 Å². The summed E-state index contributed by atoms with van der Waals surface area (Å²) in [7, 11) is 1.67. The predicted molar refractivity (Wildman–Crippen MR) is 44.9 cm³/mol. The van der Waals surface area contributed by atoms with Gasteiger partial charge < -0.3 is 9.84 Å². The first-order valence-electron chi connectivity index (χ1n) is 4.15. The van der Waals surface area contributed by atoms with E-state index in [0.717, 1.165) is 12.8 Å². The van der Waals surface area contributed by atoms with Crippen LogP contribution in [0.2, 0.25) is 0 Å². The van der Waals surface area contributed by atoms with Gasteiger partial charge in [-0.2, -0.15) is 0 Å². The van der Waals surface area contributed by atoms with Gasteiger partial charge in [0, 0.05) is 7.11 Å². The van der Waals surface area contributed by atoms with Crippen LogP contribution in [0.3, 0.4) is 0 Å². The zero-order valence-electron chi connectivity index (χ0n) is 7.19. The lowest BCUT2D eigenvalue weighted by molar-refractivity contribution is -0.137. The molecule has 2 atom stereocenters. The lowest BCUT2D eigenvalue weighted by Crippen LogP contribution is -2.16. The molecule has 0 bridgehead atoms. The van der Waals surface area contributed by atoms with Crippen LogP contribution in [0.1, 0.15) is 19.3 Å². The molecule has 0 aliphatic heterocycles. The molecule has 0 radical (unpaired) electrons. The van der Waals surface area contributed by atoms with Crippen molar-refractivity contribution in [2.24, 2.45) is 5.92 Å². The molecule has 0 fully saturated rings. The summed E-state index contributed by atoms with van der Waals surface area (Å²) in [6.07, 6.45) is 6.19. The van der Waals surface area contributed by atoms with Gasteiger partial charge in [-0.3, -0.25) is 4.79 Å². The molecule has 3 nitrogen and oxygen atoms in total. The summed E-state index contributed by atoms with van der Waals surface area (Å²) in [6, 6.07) is 0. The van der Waals surface area contributed by atoms with E-state index in [9.17, 15) is 4.79 Å². The predicted octanol–water partition coefficient (Wildman–Crippen LogP) is 1.44. The molecule has 0 saturated carbocycles. The van der Waals surface area contributed by atoms with Crippen molar-refractivity contribution in [2.75, 3.05) is 7.11 Å². The highest BCUT2D eigenvalue weighted by molar-refractivity contribution is 5.67. The fourth-order valence-corrected chi connectivity index (χ4v) is 1.44. The summed E-state index contributed by atoms with van der Waals surface area (Å²) in [5.74, 6) is -0.519. The maximum Gasteiger partial charge on any atom is 0.303 e. The van der Waals surface area contributed by atoms with E-state index in [1.165, 1.54) is 0 Å². The average Bonchev–Trinajstić information content (AvgIpc) is 2.05. The van der Waals surface area contributed by atoms with Gasteiger partial charge >= 0.3 is 5.97 Å². The number of ether oxygens (including phenoxy) is 1. The van der Waals surface area contributed by atoms with Crippen LogP contribution in [0.5, 0.6) is 0 Å². The van der Waals surface area contributed by atoms with Crippen molar-refractivity contribution in [1.82, 2.24) is 0 Å². The first kappa shape index (κ1) is 9.26. The lowest BCUT2D eigenvalue weighted by Gasteiger charge is -2.20. The highest BCUT2D eigenvalue weighted by Gasteiger charge is 2.16. The minimum atomic E-state index is -0.722. The lowest BCUT2D eigenvalue weighted by atomic mass is 9.92. The number of methoxy groups -OCH3 is 1. The Morgan fingerprint density at radius 2 is 2.33 bits per heavy atom. The van der Waals surface area contributed by atoms with Crippen molar-refractivity contribution in [1.29, 1.82) is 0 Å². The van der Waals surface area contributed by atoms with Crippen LogP contribution >= 0.6 is 0 Å². The number of carboxylic acids is 1. The van der Waals surface area contributed by atoms with Gasteiger partial charge in [0.05, 0.1) is 12.5 Å². The molecule has 3 heteroatoms. The van der Waals surface area contributed by atoms with Crippen molar-refractivity contribution in [3.63, 3.8) is 0 Å². The number of aliphatic carboxylic acids is 1. The molecule has 1 aliphatic carbocycles. The second kappa shape index (κ2) is 4.26. The Morgan fingerprint density at radius 1 is 1.58 bits per heavy atom. The fraction of sp³-hybridized carbons (Fsp3) is 0.667. The van der Waals surface area contributed by atoms with Gasteiger partial charge in [-0.1, -0.05) is 12.2 Å². The highest BCUT2D eigenvalue weighted by Crippen LogP contribution is 2.21. The molecule has 0 aromatic heterocycles. The van der Waals surface area contributed by atoms with Crippen LogP contribution in [0.25, 0.3) is 0 Å². The topological polar surface area (TPSA) is 46.5 Å². The highest BCUT2D eigenvalue weighted by atomic mass is 16.5. The van der Waals surface area contributed by atoms with Crippen molar-refractivity contribution in [3.05, 3.63) is 12.2 Å². The van der Waals surface area contributed by atoms with Crippen LogP contribution in [-0.2, 0) is 9.53 Å². The number of hydrogen-bond acceptors (Lipinski definition) is 2. The van der Waals surface area contributed by atoms with Gasteiger partial charge in [0.25, 0.3) is 0 Å². The average molecular weight is 170 g/mol. The Bertz CT molecular complexity index is 186. The van der Waals surface area contributed by atoms with E-state index in [0.29, 0.717) is 0 Å². The summed E-state index contributed by atoms with van der Waals surface area (Å²) in [5.41, 5.74) is 0. The van der Waals surface area contributed by atoms with E-state index in [2.05, 4.69) is 0 Å². The number of allylic oxidation sites excluding steroid dienone is 1. The van der Waals surface area contributed by atoms with Crippen LogP contribution in [-0.4, -0.2) is 24.3 Å². The van der Waals surface area contributed by atoms with E-state index in [1.54, 1.807) is 7.11 Å². The van der Waals surface area contributed by atoms with E-state index in [-0.39, 0.29) is 18.4 Å². The molecule has 1 rings (SSSR count). The molecular weight excluding hydrogens is 156 g/mol. The summed E-state index contributed by atoms with van der Waals surface area (Å²) >= 11 is 0. The Morgan fingerprint density at radius 3 is 2.75 bits per heavy atom. The van der Waals surface area contributed by atoms with Crippen molar-refractivity contribution in [2.45, 2.75) is 25.4 Å². The molecule has 0 saturated heterocycles. The summed E-state index contributed by atoms with van der Waals surface area (Å²) in [6.45, 7) is 0. The van der Waals surface area contributed by atoms with Gasteiger partial charge in [0.15, 0.2) is 0 Å². The Balaban J connectivity index is 2.37. The molecule has 0 amide bonds. The largest absolute Gasteiger partial charge is 0.481 e. The molecule has 12 heavy (non-hydrogen) atoms. The van der Waals surface area contributed by atoms with Crippen LogP contribution in [0.15, 0.2) is 12.2 Å². The van der Waals surface area contributed by atoms with Gasteiger partial charge in [-0.05, 0) is 18.8 Å². The minimum absolute atomic E-state index is 0.190. The van der Waals surface area contributed by atoms with Gasteiger partial charge in [-0.15, -0.1) is 0 Å². The molecule has 1 aliphatic rings. The normalized spacial score (nSPS) is 28.8. The minimum Gasteiger partial charge on any atom is -0.481 e. The van der Waals surface area contributed by atoms with Crippen LogP contribution in [0, 0.1) is 5.92 Å². The van der Waals surface area contributed by atoms with Gasteiger partial charge in [0.1, 0.15) is 0 Å². The molecule has 0 aromatic carbocycles. The van der Waals surface area contributed by atoms with Gasteiger partial charge in [-0.25, -0.2) is 0 Å². The monoisotopic (exact) mass is 170 g/mol. The van der Waals surface area contributed by atoms with Crippen molar-refractivity contribution < 1.29 is 14.6 Å². The zero-order chi connectivity index (χ0) is 8.97. The molecule has 1 unspecified atom stereocenters. The van der Waals surface area contributed by atoms with Crippen LogP contribution < -0.4 is 0 Å². The molecule has 1 N–H and O–H groups in total. The first-order chi connectivity index (χ1) is 5.72. The standard InChI is InChI=1S/C9H14O3/c1-12-8-4-2-7(3-5-8)6-9(10)11/h2,4,7-8H,3,5-6H2,1H3,(H,10,11)/t7-,8?/m1/s1. The maximum atomic E-state index is 10.4. The van der Waals surface area contributed by atoms with Crippen LogP contribution in [0.4, 0.5) is 0 Å². The second-order valence-corrected chi connectivity index (χ2v) is 3.09. The smallest absolute Gasteiger partial charge is 0.303 e. The Kier molecular flexibility index (Phi) is 3.29.